The van der Waals surface area contributed by atoms with Crippen molar-refractivity contribution in [3.8, 4) is 0 Å². The number of hydrogen-bond acceptors (Lipinski definition) is 5. The maximum absolute atomic E-state index is 13.3. The van der Waals surface area contributed by atoms with Crippen molar-refractivity contribution in [1.29, 1.82) is 0 Å². The van der Waals surface area contributed by atoms with Crippen LogP contribution in [0.1, 0.15) is 57.6 Å². The highest BCUT2D eigenvalue weighted by atomic mass is 32.2. The Morgan fingerprint density at radius 1 is 1.06 bits per heavy atom. The molecule has 3 rings (SSSR count). The van der Waals surface area contributed by atoms with E-state index in [1.165, 1.54) is 4.31 Å². The number of benzene rings is 1. The summed E-state index contributed by atoms with van der Waals surface area (Å²) >= 11 is 0. The largest absolute Gasteiger partial charge is 0.444 e. The predicted molar refractivity (Wildman–Crippen MR) is 126 cm³/mol. The molecule has 184 valence electrons. The van der Waals surface area contributed by atoms with Gasteiger partial charge < -0.3 is 15.0 Å². The van der Waals surface area contributed by atoms with Crippen molar-refractivity contribution >= 4 is 22.0 Å². The molecule has 1 aromatic rings. The molecule has 0 radical (unpaired) electrons. The maximum Gasteiger partial charge on any atom is 0.410 e. The summed E-state index contributed by atoms with van der Waals surface area (Å²) in [5, 5.41) is 3.05. The normalized spacial score (nSPS) is 22.6. The Kier molecular flexibility index (Phi) is 7.73. The van der Waals surface area contributed by atoms with Gasteiger partial charge in [0.1, 0.15) is 5.60 Å². The lowest BCUT2D eigenvalue weighted by Gasteiger charge is -2.36. The van der Waals surface area contributed by atoms with E-state index in [0.717, 1.165) is 24.0 Å². The Morgan fingerprint density at radius 2 is 1.76 bits per heavy atom. The number of sulfonamides is 1. The molecule has 2 saturated heterocycles. The van der Waals surface area contributed by atoms with Gasteiger partial charge in [-0.3, -0.25) is 4.79 Å². The fourth-order valence-electron chi connectivity index (χ4n) is 4.41. The van der Waals surface area contributed by atoms with Crippen LogP contribution in [0, 0.1) is 19.8 Å². The van der Waals surface area contributed by atoms with Crippen LogP contribution in [0.3, 0.4) is 0 Å². The molecule has 0 aliphatic carbocycles. The second-order valence-electron chi connectivity index (χ2n) is 10.2. The Bertz CT molecular complexity index is 986. The molecular weight excluding hydrogens is 442 g/mol. The third-order valence-corrected chi connectivity index (χ3v) is 8.14. The van der Waals surface area contributed by atoms with Crippen molar-refractivity contribution in [2.75, 3.05) is 26.2 Å². The van der Waals surface area contributed by atoms with Gasteiger partial charge in [-0.15, -0.1) is 0 Å². The fraction of sp³-hybridized carbons (Fsp3) is 0.667. The van der Waals surface area contributed by atoms with E-state index in [-0.39, 0.29) is 24.4 Å². The summed E-state index contributed by atoms with van der Waals surface area (Å²) in [6, 6.07) is 5.19. The van der Waals surface area contributed by atoms with Crippen molar-refractivity contribution in [3.63, 3.8) is 0 Å². The number of carbonyl (C=O) groups excluding carboxylic acids is 2. The van der Waals surface area contributed by atoms with Gasteiger partial charge in [0, 0.05) is 32.2 Å². The van der Waals surface area contributed by atoms with Gasteiger partial charge in [-0.25, -0.2) is 13.2 Å². The van der Waals surface area contributed by atoms with Crippen LogP contribution in [0.15, 0.2) is 23.1 Å². The number of ether oxygens (including phenoxy) is 1. The first-order chi connectivity index (χ1) is 15.4. The van der Waals surface area contributed by atoms with E-state index in [4.69, 9.17) is 4.74 Å². The van der Waals surface area contributed by atoms with Crippen LogP contribution in [0.4, 0.5) is 4.79 Å². The van der Waals surface area contributed by atoms with Crippen molar-refractivity contribution in [2.45, 2.75) is 76.8 Å². The third-order valence-electron chi connectivity index (χ3n) is 6.14. The van der Waals surface area contributed by atoms with E-state index in [1.54, 1.807) is 17.9 Å². The molecule has 8 nitrogen and oxygen atoms in total. The summed E-state index contributed by atoms with van der Waals surface area (Å²) < 4.78 is 33.5. The molecule has 2 heterocycles. The van der Waals surface area contributed by atoms with Gasteiger partial charge in [0.15, 0.2) is 0 Å². The summed E-state index contributed by atoms with van der Waals surface area (Å²) in [7, 11) is -3.63. The number of piperidine rings is 2. The number of rotatable bonds is 4. The Hall–Kier alpha value is -2.13. The van der Waals surface area contributed by atoms with Gasteiger partial charge >= 0.3 is 6.09 Å². The second kappa shape index (κ2) is 10.0. The highest BCUT2D eigenvalue weighted by Gasteiger charge is 2.35. The molecule has 2 fully saturated rings. The van der Waals surface area contributed by atoms with E-state index < -0.39 is 21.7 Å². The first-order valence-corrected chi connectivity index (χ1v) is 13.2. The number of nitrogens with one attached hydrogen (secondary N) is 1. The molecule has 2 atom stereocenters. The monoisotopic (exact) mass is 479 g/mol. The lowest BCUT2D eigenvalue weighted by Crippen LogP contribution is -2.53. The summed E-state index contributed by atoms with van der Waals surface area (Å²) in [5.41, 5.74) is 1.03. The molecule has 9 heteroatoms. The zero-order chi connectivity index (χ0) is 24.4. The minimum Gasteiger partial charge on any atom is -0.444 e. The molecule has 2 aliphatic rings. The summed E-state index contributed by atoms with van der Waals surface area (Å²) in [6.45, 7) is 10.7. The molecule has 33 heavy (non-hydrogen) atoms. The molecule has 2 aliphatic heterocycles. The number of likely N-dealkylation sites (tertiary alicyclic amines) is 1. The standard InChI is InChI=1S/C24H37N3O5S/c1-17-10-11-18(2)21(14-17)33(30,31)27-13-7-9-20(16-27)25-22(28)19-8-6-12-26(15-19)23(29)32-24(3,4)5/h10-11,14,19-20H,6-9,12-13,15-16H2,1-5H3,(H,25,28). The molecule has 2 unspecified atom stereocenters. The third kappa shape index (κ3) is 6.47. The molecule has 0 bridgehead atoms. The Morgan fingerprint density at radius 3 is 2.45 bits per heavy atom. The highest BCUT2D eigenvalue weighted by Crippen LogP contribution is 2.25. The number of hydrogen-bond donors (Lipinski definition) is 1. The number of nitrogens with zero attached hydrogens (tertiary/aromatic N) is 2. The summed E-state index contributed by atoms with van der Waals surface area (Å²) in [6.07, 6.45) is 2.44. The maximum atomic E-state index is 13.3. The van der Waals surface area contributed by atoms with Crippen molar-refractivity contribution in [3.05, 3.63) is 29.3 Å². The highest BCUT2D eigenvalue weighted by molar-refractivity contribution is 7.89. The Labute approximate surface area is 197 Å². The molecular formula is C24H37N3O5S. The molecule has 2 amide bonds. The first kappa shape index (κ1) is 25.5. The summed E-state index contributed by atoms with van der Waals surface area (Å²) in [4.78, 5) is 27.3. The molecule has 0 aromatic heterocycles. The van der Waals surface area contributed by atoms with Crippen molar-refractivity contribution < 1.29 is 22.7 Å². The van der Waals surface area contributed by atoms with Crippen LogP contribution in [0.5, 0.6) is 0 Å². The van der Waals surface area contributed by atoms with Gasteiger partial charge in [-0.2, -0.15) is 4.31 Å². The zero-order valence-electron chi connectivity index (χ0n) is 20.4. The van der Waals surface area contributed by atoms with E-state index in [2.05, 4.69) is 5.32 Å². The quantitative estimate of drug-likeness (QED) is 0.715. The van der Waals surface area contributed by atoms with E-state index in [1.807, 2.05) is 39.8 Å². The van der Waals surface area contributed by atoms with Crippen LogP contribution in [0.2, 0.25) is 0 Å². The fourth-order valence-corrected chi connectivity index (χ4v) is 6.24. The van der Waals surface area contributed by atoms with E-state index >= 15 is 0 Å². The molecule has 1 aromatic carbocycles. The second-order valence-corrected chi connectivity index (χ2v) is 12.2. The van der Waals surface area contributed by atoms with E-state index in [0.29, 0.717) is 37.4 Å². The molecule has 0 spiro atoms. The summed E-state index contributed by atoms with van der Waals surface area (Å²) in [5.74, 6) is -0.448. The minimum absolute atomic E-state index is 0.126. The minimum atomic E-state index is -3.63. The lowest BCUT2D eigenvalue weighted by molar-refractivity contribution is -0.127. The van der Waals surface area contributed by atoms with Gasteiger partial charge in [0.05, 0.1) is 10.8 Å². The van der Waals surface area contributed by atoms with Crippen LogP contribution in [0.25, 0.3) is 0 Å². The van der Waals surface area contributed by atoms with Crippen LogP contribution < -0.4 is 5.32 Å². The smallest absolute Gasteiger partial charge is 0.410 e. The average molecular weight is 480 g/mol. The van der Waals surface area contributed by atoms with Gasteiger partial charge in [-0.1, -0.05) is 12.1 Å². The van der Waals surface area contributed by atoms with Crippen LogP contribution in [-0.2, 0) is 19.6 Å². The topological polar surface area (TPSA) is 96.0 Å². The van der Waals surface area contributed by atoms with Crippen LogP contribution in [-0.4, -0.2) is 67.4 Å². The Balaban J connectivity index is 1.62. The average Bonchev–Trinajstić information content (AvgIpc) is 2.74. The number of amides is 2. The number of carbonyl (C=O) groups is 2. The van der Waals surface area contributed by atoms with Crippen molar-refractivity contribution in [2.24, 2.45) is 5.92 Å². The molecule has 0 saturated carbocycles. The van der Waals surface area contributed by atoms with Gasteiger partial charge in [0.2, 0.25) is 15.9 Å². The number of aryl methyl sites for hydroxylation is 2. The zero-order valence-corrected chi connectivity index (χ0v) is 21.2. The predicted octanol–water partition coefficient (Wildman–Crippen LogP) is 3.22. The van der Waals surface area contributed by atoms with Crippen LogP contribution >= 0.6 is 0 Å². The van der Waals surface area contributed by atoms with E-state index in [9.17, 15) is 18.0 Å². The van der Waals surface area contributed by atoms with Gasteiger partial charge in [0.25, 0.3) is 0 Å². The SMILES string of the molecule is Cc1ccc(C)c(S(=O)(=O)N2CCCC(NC(=O)C3CCCN(C(=O)OC(C)(C)C)C3)C2)c1. The first-order valence-electron chi connectivity index (χ1n) is 11.7. The van der Waals surface area contributed by atoms with Gasteiger partial charge in [-0.05, 0) is 77.5 Å². The lowest BCUT2D eigenvalue weighted by atomic mass is 9.96. The molecule has 1 N–H and O–H groups in total. The van der Waals surface area contributed by atoms with Crippen molar-refractivity contribution in [1.82, 2.24) is 14.5 Å².